The second kappa shape index (κ2) is 9.81. The number of halogens is 2. The van der Waals surface area contributed by atoms with Crippen LogP contribution < -0.4 is 10.1 Å². The molecule has 0 spiro atoms. The molecule has 8 heteroatoms. The largest absolute Gasteiger partial charge is 0.479 e. The normalized spacial score (nSPS) is 11.2. The van der Waals surface area contributed by atoms with Crippen LogP contribution >= 0.6 is 23.2 Å². The van der Waals surface area contributed by atoms with Crippen LogP contribution in [0.5, 0.6) is 5.75 Å². The number of hydrogen-bond acceptors (Lipinski definition) is 5. The van der Waals surface area contributed by atoms with Crippen LogP contribution in [0, 0.1) is 11.3 Å². The molecule has 0 heterocycles. The molecule has 0 saturated carbocycles. The number of benzene rings is 2. The van der Waals surface area contributed by atoms with E-state index in [1.165, 1.54) is 6.92 Å². The monoisotopic (exact) mass is 406 g/mol. The van der Waals surface area contributed by atoms with E-state index in [2.05, 4.69) is 5.32 Å². The zero-order valence-corrected chi connectivity index (χ0v) is 15.9. The molecule has 0 fully saturated rings. The van der Waals surface area contributed by atoms with Crippen LogP contribution in [0.4, 0.5) is 0 Å². The number of carbonyl (C=O) groups excluding carboxylic acids is 2. The van der Waals surface area contributed by atoms with Crippen molar-refractivity contribution >= 4 is 35.1 Å². The maximum atomic E-state index is 11.9. The lowest BCUT2D eigenvalue weighted by molar-refractivity contribution is -0.154. The summed E-state index contributed by atoms with van der Waals surface area (Å²) in [7, 11) is 0. The third-order valence-corrected chi connectivity index (χ3v) is 4.05. The molecule has 0 aliphatic rings. The summed E-state index contributed by atoms with van der Waals surface area (Å²) < 4.78 is 10.4. The Hall–Kier alpha value is -2.75. The highest BCUT2D eigenvalue weighted by atomic mass is 35.5. The van der Waals surface area contributed by atoms with Gasteiger partial charge in [-0.15, -0.1) is 0 Å². The van der Waals surface area contributed by atoms with Gasteiger partial charge in [-0.3, -0.25) is 4.79 Å². The molecule has 0 unspecified atom stereocenters. The molecular formula is C19H16Cl2N2O4. The van der Waals surface area contributed by atoms with E-state index in [-0.39, 0.29) is 6.54 Å². The summed E-state index contributed by atoms with van der Waals surface area (Å²) >= 11 is 11.8. The van der Waals surface area contributed by atoms with Crippen molar-refractivity contribution in [2.45, 2.75) is 19.6 Å². The molecule has 0 bridgehead atoms. The molecule has 1 N–H and O–H groups in total. The molecule has 0 aliphatic carbocycles. The number of amides is 1. The molecule has 2 aromatic rings. The van der Waals surface area contributed by atoms with E-state index in [1.807, 2.05) is 6.07 Å². The summed E-state index contributed by atoms with van der Waals surface area (Å²) in [4.78, 5) is 23.7. The Labute approximate surface area is 166 Å². The Bertz CT molecular complexity index is 863. The Kier molecular flexibility index (Phi) is 7.47. The predicted molar refractivity (Wildman–Crippen MR) is 101 cm³/mol. The van der Waals surface area contributed by atoms with E-state index in [9.17, 15) is 9.59 Å². The molecule has 0 aliphatic heterocycles. The SMILES string of the molecule is C[C@H](Oc1ccc(C#N)cc1)C(=O)OCC(=O)NCc1ccc(Cl)cc1Cl. The van der Waals surface area contributed by atoms with Crippen molar-refractivity contribution in [2.75, 3.05) is 6.61 Å². The third-order valence-electron chi connectivity index (χ3n) is 3.46. The molecule has 0 aromatic heterocycles. The summed E-state index contributed by atoms with van der Waals surface area (Å²) in [5.41, 5.74) is 1.17. The second-order valence-corrected chi connectivity index (χ2v) is 6.36. The van der Waals surface area contributed by atoms with Gasteiger partial charge in [-0.25, -0.2) is 4.79 Å². The van der Waals surface area contributed by atoms with Gasteiger partial charge < -0.3 is 14.8 Å². The summed E-state index contributed by atoms with van der Waals surface area (Å²) in [6.07, 6.45) is -0.906. The maximum Gasteiger partial charge on any atom is 0.347 e. The molecular weight excluding hydrogens is 391 g/mol. The lowest BCUT2D eigenvalue weighted by Gasteiger charge is -2.14. The lowest BCUT2D eigenvalue weighted by atomic mass is 10.2. The van der Waals surface area contributed by atoms with E-state index in [4.69, 9.17) is 37.9 Å². The van der Waals surface area contributed by atoms with Crippen LogP contribution in [0.3, 0.4) is 0 Å². The first-order valence-electron chi connectivity index (χ1n) is 7.93. The number of esters is 1. The molecule has 0 saturated heterocycles. The zero-order valence-electron chi connectivity index (χ0n) is 14.4. The molecule has 1 atom stereocenters. The van der Waals surface area contributed by atoms with Crippen LogP contribution in [0.2, 0.25) is 10.0 Å². The number of ether oxygens (including phenoxy) is 2. The summed E-state index contributed by atoms with van der Waals surface area (Å²) in [5, 5.41) is 12.3. The smallest absolute Gasteiger partial charge is 0.347 e. The van der Waals surface area contributed by atoms with Crippen molar-refractivity contribution in [2.24, 2.45) is 0 Å². The number of carbonyl (C=O) groups is 2. The zero-order chi connectivity index (χ0) is 19.8. The quantitative estimate of drug-likeness (QED) is 0.710. The van der Waals surface area contributed by atoms with Crippen LogP contribution in [0.15, 0.2) is 42.5 Å². The first-order chi connectivity index (χ1) is 12.9. The van der Waals surface area contributed by atoms with Crippen LogP contribution in [-0.4, -0.2) is 24.6 Å². The highest BCUT2D eigenvalue weighted by Gasteiger charge is 2.18. The van der Waals surface area contributed by atoms with Gasteiger partial charge in [0, 0.05) is 16.6 Å². The van der Waals surface area contributed by atoms with Gasteiger partial charge in [0.25, 0.3) is 5.91 Å². The van der Waals surface area contributed by atoms with Crippen molar-refractivity contribution in [3.63, 3.8) is 0 Å². The van der Waals surface area contributed by atoms with Crippen molar-refractivity contribution in [3.8, 4) is 11.8 Å². The average molecular weight is 407 g/mol. The van der Waals surface area contributed by atoms with Crippen molar-refractivity contribution in [1.82, 2.24) is 5.32 Å². The molecule has 2 aromatic carbocycles. The molecule has 27 heavy (non-hydrogen) atoms. The fourth-order valence-electron chi connectivity index (χ4n) is 2.02. The van der Waals surface area contributed by atoms with Gasteiger partial charge in [-0.1, -0.05) is 29.3 Å². The van der Waals surface area contributed by atoms with Gasteiger partial charge in [-0.2, -0.15) is 5.26 Å². The first-order valence-corrected chi connectivity index (χ1v) is 8.68. The number of nitriles is 1. The molecule has 140 valence electrons. The lowest BCUT2D eigenvalue weighted by Crippen LogP contribution is -2.32. The Balaban J connectivity index is 1.76. The summed E-state index contributed by atoms with van der Waals surface area (Å²) in [6, 6.07) is 13.2. The highest BCUT2D eigenvalue weighted by molar-refractivity contribution is 6.35. The van der Waals surface area contributed by atoms with E-state index >= 15 is 0 Å². The second-order valence-electron chi connectivity index (χ2n) is 5.52. The fraction of sp³-hybridized carbons (Fsp3) is 0.211. The van der Waals surface area contributed by atoms with E-state index in [0.29, 0.717) is 26.9 Å². The average Bonchev–Trinajstić information content (AvgIpc) is 2.66. The molecule has 2 rings (SSSR count). The molecule has 1 amide bonds. The van der Waals surface area contributed by atoms with Gasteiger partial charge in [-0.05, 0) is 48.9 Å². The number of nitrogens with zero attached hydrogens (tertiary/aromatic N) is 1. The van der Waals surface area contributed by atoms with Crippen LogP contribution in [0.25, 0.3) is 0 Å². The van der Waals surface area contributed by atoms with Crippen molar-refractivity contribution < 1.29 is 19.1 Å². The fourth-order valence-corrected chi connectivity index (χ4v) is 2.50. The van der Waals surface area contributed by atoms with Gasteiger partial charge in [0.2, 0.25) is 0 Å². The third kappa shape index (κ3) is 6.48. The van der Waals surface area contributed by atoms with E-state index in [0.717, 1.165) is 0 Å². The molecule has 6 nitrogen and oxygen atoms in total. The van der Waals surface area contributed by atoms with Gasteiger partial charge in [0.05, 0.1) is 11.6 Å². The minimum Gasteiger partial charge on any atom is -0.479 e. The predicted octanol–water partition coefficient (Wildman–Crippen LogP) is 3.49. The van der Waals surface area contributed by atoms with Gasteiger partial charge in [0.1, 0.15) is 5.75 Å². The minimum atomic E-state index is -0.906. The van der Waals surface area contributed by atoms with E-state index in [1.54, 1.807) is 42.5 Å². The Morgan fingerprint density at radius 3 is 2.52 bits per heavy atom. The summed E-state index contributed by atoms with van der Waals surface area (Å²) in [5.74, 6) is -0.737. The maximum absolute atomic E-state index is 11.9. The minimum absolute atomic E-state index is 0.184. The van der Waals surface area contributed by atoms with Gasteiger partial charge in [0.15, 0.2) is 12.7 Å². The standard InChI is InChI=1S/C19H16Cl2N2O4/c1-12(27-16-6-2-13(9-22)3-7-16)19(25)26-11-18(24)23-10-14-4-5-15(20)8-17(14)21/h2-8,12H,10-11H2,1H3,(H,23,24)/t12-/m0/s1. The van der Waals surface area contributed by atoms with Crippen LogP contribution in [-0.2, 0) is 20.9 Å². The van der Waals surface area contributed by atoms with Crippen LogP contribution in [0.1, 0.15) is 18.1 Å². The Morgan fingerprint density at radius 2 is 1.89 bits per heavy atom. The summed E-state index contributed by atoms with van der Waals surface area (Å²) in [6.45, 7) is 1.25. The van der Waals surface area contributed by atoms with E-state index < -0.39 is 24.6 Å². The highest BCUT2D eigenvalue weighted by Crippen LogP contribution is 2.20. The van der Waals surface area contributed by atoms with Crippen molar-refractivity contribution in [1.29, 1.82) is 5.26 Å². The Morgan fingerprint density at radius 1 is 1.19 bits per heavy atom. The number of hydrogen-bond donors (Lipinski definition) is 1. The van der Waals surface area contributed by atoms with Crippen molar-refractivity contribution in [3.05, 3.63) is 63.6 Å². The topological polar surface area (TPSA) is 88.4 Å². The first kappa shape index (κ1) is 20.6. The molecule has 0 radical (unpaired) electrons. The van der Waals surface area contributed by atoms with Gasteiger partial charge >= 0.3 is 5.97 Å². The number of rotatable bonds is 7. The number of nitrogens with one attached hydrogen (secondary N) is 1.